The summed E-state index contributed by atoms with van der Waals surface area (Å²) in [7, 11) is -3.25. The Bertz CT molecular complexity index is 597. The third kappa shape index (κ3) is 6.06. The summed E-state index contributed by atoms with van der Waals surface area (Å²) in [5, 5.41) is 6.88. The van der Waals surface area contributed by atoms with Crippen molar-refractivity contribution in [1.29, 1.82) is 0 Å². The van der Waals surface area contributed by atoms with Crippen LogP contribution in [0.1, 0.15) is 19.8 Å². The Morgan fingerprint density at radius 3 is 2.74 bits per heavy atom. The molecule has 1 aliphatic rings. The highest BCUT2D eigenvalue weighted by molar-refractivity contribution is 8.00. The Labute approximate surface area is 143 Å². The molecule has 0 spiro atoms. The molecule has 0 radical (unpaired) electrons. The SMILES string of the molecule is CCNC(=NCC1CCCS1)NCCS(=O)(=O)c1ccccc1. The Balaban J connectivity index is 1.84. The summed E-state index contributed by atoms with van der Waals surface area (Å²) in [6.45, 7) is 3.89. The van der Waals surface area contributed by atoms with Crippen LogP contribution in [0.2, 0.25) is 0 Å². The highest BCUT2D eigenvalue weighted by atomic mass is 32.2. The zero-order valence-corrected chi connectivity index (χ0v) is 15.1. The van der Waals surface area contributed by atoms with E-state index in [1.165, 1.54) is 18.6 Å². The van der Waals surface area contributed by atoms with Gasteiger partial charge in [-0.15, -0.1) is 0 Å². The molecule has 2 N–H and O–H groups in total. The van der Waals surface area contributed by atoms with Gasteiger partial charge in [-0.05, 0) is 37.7 Å². The summed E-state index contributed by atoms with van der Waals surface area (Å²) in [6, 6.07) is 8.56. The first kappa shape index (κ1) is 18.1. The lowest BCUT2D eigenvalue weighted by atomic mass is 10.2. The fourth-order valence-electron chi connectivity index (χ4n) is 2.37. The summed E-state index contributed by atoms with van der Waals surface area (Å²) < 4.78 is 24.5. The molecule has 2 rings (SSSR count). The molecule has 1 aromatic rings. The van der Waals surface area contributed by atoms with E-state index in [4.69, 9.17) is 0 Å². The summed E-state index contributed by atoms with van der Waals surface area (Å²) in [4.78, 5) is 4.93. The number of nitrogens with one attached hydrogen (secondary N) is 2. The highest BCUT2D eigenvalue weighted by Gasteiger charge is 2.16. The predicted molar refractivity (Wildman–Crippen MR) is 98.0 cm³/mol. The van der Waals surface area contributed by atoms with E-state index in [2.05, 4.69) is 15.6 Å². The quantitative estimate of drug-likeness (QED) is 0.577. The number of benzene rings is 1. The lowest BCUT2D eigenvalue weighted by Gasteiger charge is -2.13. The summed E-state index contributed by atoms with van der Waals surface area (Å²) in [5.74, 6) is 1.97. The molecule has 0 aliphatic carbocycles. The van der Waals surface area contributed by atoms with Crippen molar-refractivity contribution in [2.75, 3.05) is 31.1 Å². The zero-order valence-electron chi connectivity index (χ0n) is 13.5. The second-order valence-corrected chi connectivity index (χ2v) is 8.93. The van der Waals surface area contributed by atoms with Crippen LogP contribution in [0.5, 0.6) is 0 Å². The van der Waals surface area contributed by atoms with Gasteiger partial charge in [0.05, 0.1) is 17.2 Å². The number of rotatable bonds is 7. The molecule has 7 heteroatoms. The molecule has 0 saturated carbocycles. The Kier molecular flexibility index (Phi) is 7.23. The van der Waals surface area contributed by atoms with Crippen LogP contribution in [0.25, 0.3) is 0 Å². The maximum atomic E-state index is 12.2. The first-order valence-corrected chi connectivity index (χ1v) is 10.7. The molecule has 1 atom stereocenters. The molecule has 1 unspecified atom stereocenters. The van der Waals surface area contributed by atoms with Gasteiger partial charge in [-0.3, -0.25) is 4.99 Å². The highest BCUT2D eigenvalue weighted by Crippen LogP contribution is 2.25. The van der Waals surface area contributed by atoms with Gasteiger partial charge in [-0.2, -0.15) is 11.8 Å². The molecule has 128 valence electrons. The minimum absolute atomic E-state index is 0.0552. The molecule has 1 aromatic carbocycles. The van der Waals surface area contributed by atoms with Crippen LogP contribution in [-0.4, -0.2) is 50.8 Å². The van der Waals surface area contributed by atoms with Crippen molar-refractivity contribution in [2.24, 2.45) is 4.99 Å². The molecule has 1 fully saturated rings. The van der Waals surface area contributed by atoms with Crippen LogP contribution in [0.3, 0.4) is 0 Å². The van der Waals surface area contributed by atoms with Crippen molar-refractivity contribution >= 4 is 27.6 Å². The van der Waals surface area contributed by atoms with E-state index < -0.39 is 9.84 Å². The average Bonchev–Trinajstić information content (AvgIpc) is 3.07. The van der Waals surface area contributed by atoms with Gasteiger partial charge in [0.2, 0.25) is 0 Å². The van der Waals surface area contributed by atoms with Crippen LogP contribution in [0, 0.1) is 0 Å². The van der Waals surface area contributed by atoms with E-state index in [0.29, 0.717) is 22.6 Å². The van der Waals surface area contributed by atoms with Gasteiger partial charge < -0.3 is 10.6 Å². The lowest BCUT2D eigenvalue weighted by molar-refractivity contribution is 0.594. The Hall–Kier alpha value is -1.21. The number of hydrogen-bond donors (Lipinski definition) is 2. The first-order valence-electron chi connectivity index (χ1n) is 8.03. The Morgan fingerprint density at radius 1 is 1.30 bits per heavy atom. The fourth-order valence-corrected chi connectivity index (χ4v) is 4.73. The third-order valence-electron chi connectivity index (χ3n) is 3.59. The largest absolute Gasteiger partial charge is 0.357 e. The second kappa shape index (κ2) is 9.17. The van der Waals surface area contributed by atoms with Crippen molar-refractivity contribution in [1.82, 2.24) is 10.6 Å². The monoisotopic (exact) mass is 355 g/mol. The molecule has 1 heterocycles. The van der Waals surface area contributed by atoms with E-state index in [1.54, 1.807) is 24.3 Å². The van der Waals surface area contributed by atoms with Crippen LogP contribution in [-0.2, 0) is 9.84 Å². The normalized spacial score (nSPS) is 18.8. The minimum atomic E-state index is -3.25. The summed E-state index contributed by atoms with van der Waals surface area (Å²) in [6.07, 6.45) is 2.49. The van der Waals surface area contributed by atoms with Crippen molar-refractivity contribution in [3.63, 3.8) is 0 Å². The standard InChI is InChI=1S/C16H25N3O2S2/c1-2-17-16(19-13-14-7-6-11-22-14)18-10-12-23(20,21)15-8-4-3-5-9-15/h3-5,8-9,14H,2,6-7,10-13H2,1H3,(H2,17,18,19). The number of nitrogens with zero attached hydrogens (tertiary/aromatic N) is 1. The molecular weight excluding hydrogens is 330 g/mol. The van der Waals surface area contributed by atoms with Gasteiger partial charge in [0.1, 0.15) is 0 Å². The van der Waals surface area contributed by atoms with Crippen molar-refractivity contribution < 1.29 is 8.42 Å². The fraction of sp³-hybridized carbons (Fsp3) is 0.562. The van der Waals surface area contributed by atoms with Gasteiger partial charge in [0.25, 0.3) is 0 Å². The van der Waals surface area contributed by atoms with Crippen LogP contribution in [0.15, 0.2) is 40.2 Å². The van der Waals surface area contributed by atoms with Gasteiger partial charge in [0.15, 0.2) is 15.8 Å². The molecule has 1 saturated heterocycles. The van der Waals surface area contributed by atoms with E-state index in [9.17, 15) is 8.42 Å². The average molecular weight is 356 g/mol. The lowest BCUT2D eigenvalue weighted by Crippen LogP contribution is -2.40. The maximum absolute atomic E-state index is 12.2. The number of thioether (sulfide) groups is 1. The van der Waals surface area contributed by atoms with Crippen LogP contribution < -0.4 is 10.6 Å². The molecule has 0 amide bonds. The molecule has 23 heavy (non-hydrogen) atoms. The Morgan fingerprint density at radius 2 is 2.09 bits per heavy atom. The van der Waals surface area contributed by atoms with E-state index >= 15 is 0 Å². The first-order chi connectivity index (χ1) is 11.1. The number of hydrogen-bond acceptors (Lipinski definition) is 4. The van der Waals surface area contributed by atoms with E-state index in [0.717, 1.165) is 13.1 Å². The molecule has 1 aliphatic heterocycles. The van der Waals surface area contributed by atoms with E-state index in [-0.39, 0.29) is 5.75 Å². The molecule has 5 nitrogen and oxygen atoms in total. The third-order valence-corrected chi connectivity index (χ3v) is 6.70. The van der Waals surface area contributed by atoms with Gasteiger partial charge in [-0.1, -0.05) is 18.2 Å². The summed E-state index contributed by atoms with van der Waals surface area (Å²) in [5.41, 5.74) is 0. The van der Waals surface area contributed by atoms with Gasteiger partial charge in [-0.25, -0.2) is 8.42 Å². The van der Waals surface area contributed by atoms with Crippen molar-refractivity contribution in [2.45, 2.75) is 29.9 Å². The van der Waals surface area contributed by atoms with E-state index in [1.807, 2.05) is 24.8 Å². The number of guanidine groups is 1. The summed E-state index contributed by atoms with van der Waals surface area (Å²) >= 11 is 1.97. The number of sulfone groups is 1. The zero-order chi connectivity index (χ0) is 16.5. The minimum Gasteiger partial charge on any atom is -0.357 e. The molecule has 0 aromatic heterocycles. The molecule has 0 bridgehead atoms. The van der Waals surface area contributed by atoms with Crippen LogP contribution >= 0.6 is 11.8 Å². The predicted octanol–water partition coefficient (Wildman–Crippen LogP) is 1.91. The van der Waals surface area contributed by atoms with Crippen molar-refractivity contribution in [3.8, 4) is 0 Å². The van der Waals surface area contributed by atoms with Crippen molar-refractivity contribution in [3.05, 3.63) is 30.3 Å². The maximum Gasteiger partial charge on any atom is 0.191 e. The smallest absolute Gasteiger partial charge is 0.191 e. The topological polar surface area (TPSA) is 70.6 Å². The number of aliphatic imine (C=N–C) groups is 1. The second-order valence-electron chi connectivity index (χ2n) is 5.41. The van der Waals surface area contributed by atoms with Gasteiger partial charge >= 0.3 is 0 Å². The van der Waals surface area contributed by atoms with Crippen LogP contribution in [0.4, 0.5) is 0 Å². The molecular formula is C16H25N3O2S2. The van der Waals surface area contributed by atoms with Gasteiger partial charge in [0, 0.05) is 18.3 Å².